The van der Waals surface area contributed by atoms with Crippen molar-refractivity contribution in [2.24, 2.45) is 0 Å². The molecule has 1 saturated carbocycles. The Morgan fingerprint density at radius 2 is 2.15 bits per heavy atom. The third-order valence-electron chi connectivity index (χ3n) is 4.46. The molecule has 1 unspecified atom stereocenters. The van der Waals surface area contributed by atoms with E-state index < -0.39 is 0 Å². The number of aromatic nitrogens is 1. The molecule has 1 atom stereocenters. The van der Waals surface area contributed by atoms with Crippen LogP contribution in [0.5, 0.6) is 0 Å². The van der Waals surface area contributed by atoms with Crippen molar-refractivity contribution in [1.82, 2.24) is 15.2 Å². The lowest BCUT2D eigenvalue weighted by molar-refractivity contribution is 0.199. The minimum Gasteiger partial charge on any atom is -0.345 e. The minimum atomic E-state index is 0.634. The lowest BCUT2D eigenvalue weighted by Crippen LogP contribution is -2.51. The number of hydrogen-bond acceptors (Lipinski definition) is 5. The van der Waals surface area contributed by atoms with E-state index in [9.17, 15) is 0 Å². The highest BCUT2D eigenvalue weighted by Gasteiger charge is 2.31. The maximum Gasteiger partial charge on any atom is 0.185 e. The van der Waals surface area contributed by atoms with Crippen LogP contribution in [0.4, 0.5) is 5.13 Å². The van der Waals surface area contributed by atoms with Crippen molar-refractivity contribution in [1.29, 1.82) is 0 Å². The van der Waals surface area contributed by atoms with Gasteiger partial charge >= 0.3 is 0 Å². The van der Waals surface area contributed by atoms with Gasteiger partial charge in [-0.05, 0) is 33.4 Å². The van der Waals surface area contributed by atoms with E-state index in [-0.39, 0.29) is 0 Å². The molecule has 0 aromatic carbocycles. The number of piperazine rings is 1. The summed E-state index contributed by atoms with van der Waals surface area (Å²) in [6.45, 7) is 10.1. The van der Waals surface area contributed by atoms with Crippen LogP contribution in [0.15, 0.2) is 0 Å². The fraction of sp³-hybridized carbons (Fsp3) is 0.800. The first kappa shape index (κ1) is 14.3. The van der Waals surface area contributed by atoms with Gasteiger partial charge in [0, 0.05) is 43.0 Å². The fourth-order valence-corrected chi connectivity index (χ4v) is 4.28. The Morgan fingerprint density at radius 3 is 2.75 bits per heavy atom. The van der Waals surface area contributed by atoms with Gasteiger partial charge < -0.3 is 10.2 Å². The molecule has 1 aliphatic heterocycles. The molecular formula is C15H26N4S. The summed E-state index contributed by atoms with van der Waals surface area (Å²) >= 11 is 1.90. The van der Waals surface area contributed by atoms with Crippen LogP contribution in [0.2, 0.25) is 0 Å². The number of rotatable bonds is 5. The molecule has 0 spiro atoms. The topological polar surface area (TPSA) is 31.4 Å². The Balaban J connectivity index is 1.75. The summed E-state index contributed by atoms with van der Waals surface area (Å²) in [6, 6.07) is 0.634. The molecular weight excluding hydrogens is 268 g/mol. The van der Waals surface area contributed by atoms with Crippen molar-refractivity contribution < 1.29 is 0 Å². The predicted octanol–water partition coefficient (Wildman–Crippen LogP) is 2.27. The van der Waals surface area contributed by atoms with E-state index in [1.54, 1.807) is 0 Å². The predicted molar refractivity (Wildman–Crippen MR) is 85.8 cm³/mol. The average Bonchev–Trinajstić information content (AvgIpc) is 3.20. The van der Waals surface area contributed by atoms with Crippen LogP contribution >= 0.6 is 11.3 Å². The van der Waals surface area contributed by atoms with E-state index in [0.29, 0.717) is 6.04 Å². The molecule has 20 heavy (non-hydrogen) atoms. The van der Waals surface area contributed by atoms with Gasteiger partial charge in [0.05, 0.1) is 5.69 Å². The first-order valence-corrected chi connectivity index (χ1v) is 8.67. The van der Waals surface area contributed by atoms with Gasteiger partial charge in [-0.2, -0.15) is 0 Å². The van der Waals surface area contributed by atoms with Crippen LogP contribution < -0.4 is 10.2 Å². The highest BCUT2D eigenvalue weighted by Crippen LogP contribution is 2.44. The highest BCUT2D eigenvalue weighted by molar-refractivity contribution is 7.15. The molecule has 112 valence electrons. The molecule has 1 saturated heterocycles. The first-order chi connectivity index (χ1) is 9.72. The average molecular weight is 294 g/mol. The second kappa shape index (κ2) is 6.00. The van der Waals surface area contributed by atoms with Crippen molar-refractivity contribution in [2.45, 2.75) is 45.2 Å². The van der Waals surface area contributed by atoms with Crippen LogP contribution in [0.3, 0.4) is 0 Å². The normalized spacial score (nSPS) is 24.4. The molecule has 1 aromatic heterocycles. The standard InChI is InChI=1S/C15H26N4S/c1-4-18-7-8-19(10-11(18)2)15-17-14(12-5-6-12)13(20-15)9-16-3/h11-12,16H,4-10H2,1-3H3. The maximum atomic E-state index is 4.99. The molecule has 1 aromatic rings. The monoisotopic (exact) mass is 294 g/mol. The van der Waals surface area contributed by atoms with E-state index in [1.165, 1.54) is 28.5 Å². The molecule has 1 aliphatic carbocycles. The molecule has 1 N–H and O–H groups in total. The summed E-state index contributed by atoms with van der Waals surface area (Å²) in [5.41, 5.74) is 1.38. The zero-order valence-corrected chi connectivity index (χ0v) is 13.7. The fourth-order valence-electron chi connectivity index (χ4n) is 3.09. The van der Waals surface area contributed by atoms with Gasteiger partial charge in [-0.3, -0.25) is 4.90 Å². The van der Waals surface area contributed by atoms with Gasteiger partial charge in [0.15, 0.2) is 5.13 Å². The summed E-state index contributed by atoms with van der Waals surface area (Å²) in [5, 5.41) is 4.54. The lowest BCUT2D eigenvalue weighted by Gasteiger charge is -2.39. The lowest BCUT2D eigenvalue weighted by atomic mass is 10.2. The van der Waals surface area contributed by atoms with Crippen LogP contribution in [0.25, 0.3) is 0 Å². The van der Waals surface area contributed by atoms with E-state index in [4.69, 9.17) is 4.98 Å². The molecule has 0 amide bonds. The smallest absolute Gasteiger partial charge is 0.185 e. The van der Waals surface area contributed by atoms with Crippen molar-refractivity contribution in [3.8, 4) is 0 Å². The van der Waals surface area contributed by atoms with Crippen LogP contribution in [0, 0.1) is 0 Å². The quantitative estimate of drug-likeness (QED) is 0.903. The number of likely N-dealkylation sites (N-methyl/N-ethyl adjacent to an activating group) is 1. The van der Waals surface area contributed by atoms with E-state index in [1.807, 2.05) is 18.4 Å². The Labute approximate surface area is 126 Å². The second-order valence-electron chi connectivity index (χ2n) is 6.03. The van der Waals surface area contributed by atoms with Crippen LogP contribution in [-0.2, 0) is 6.54 Å². The number of anilines is 1. The Hall–Kier alpha value is -0.650. The third kappa shape index (κ3) is 2.85. The van der Waals surface area contributed by atoms with Crippen molar-refractivity contribution in [3.05, 3.63) is 10.6 Å². The second-order valence-corrected chi connectivity index (χ2v) is 7.10. The molecule has 0 radical (unpaired) electrons. The number of thiazole rings is 1. The number of hydrogen-bond donors (Lipinski definition) is 1. The molecule has 0 bridgehead atoms. The molecule has 5 heteroatoms. The van der Waals surface area contributed by atoms with Gasteiger partial charge in [0.1, 0.15) is 0 Å². The largest absolute Gasteiger partial charge is 0.345 e. The van der Waals surface area contributed by atoms with Crippen molar-refractivity contribution in [2.75, 3.05) is 38.1 Å². The Kier molecular flexibility index (Phi) is 4.29. The minimum absolute atomic E-state index is 0.634. The Bertz CT molecular complexity index is 455. The van der Waals surface area contributed by atoms with E-state index in [0.717, 1.165) is 38.6 Å². The summed E-state index contributed by atoms with van der Waals surface area (Å²) in [6.07, 6.45) is 2.67. The zero-order valence-electron chi connectivity index (χ0n) is 12.9. The maximum absolute atomic E-state index is 4.99. The molecule has 2 fully saturated rings. The summed E-state index contributed by atoms with van der Waals surface area (Å²) in [7, 11) is 2.03. The first-order valence-electron chi connectivity index (χ1n) is 7.86. The Morgan fingerprint density at radius 1 is 1.35 bits per heavy atom. The number of nitrogens with one attached hydrogen (secondary N) is 1. The van der Waals surface area contributed by atoms with E-state index in [2.05, 4.69) is 29.0 Å². The summed E-state index contributed by atoms with van der Waals surface area (Å²) in [5.74, 6) is 0.748. The molecule has 2 heterocycles. The van der Waals surface area contributed by atoms with Crippen molar-refractivity contribution >= 4 is 16.5 Å². The third-order valence-corrected chi connectivity index (χ3v) is 5.59. The van der Waals surface area contributed by atoms with Crippen LogP contribution in [-0.4, -0.2) is 49.2 Å². The van der Waals surface area contributed by atoms with Gasteiger partial charge in [-0.1, -0.05) is 6.92 Å². The van der Waals surface area contributed by atoms with Gasteiger partial charge in [-0.15, -0.1) is 11.3 Å². The van der Waals surface area contributed by atoms with Gasteiger partial charge in [-0.25, -0.2) is 4.98 Å². The van der Waals surface area contributed by atoms with E-state index >= 15 is 0 Å². The van der Waals surface area contributed by atoms with Crippen molar-refractivity contribution in [3.63, 3.8) is 0 Å². The van der Waals surface area contributed by atoms with Gasteiger partial charge in [0.2, 0.25) is 0 Å². The molecule has 3 rings (SSSR count). The highest BCUT2D eigenvalue weighted by atomic mass is 32.1. The summed E-state index contributed by atoms with van der Waals surface area (Å²) in [4.78, 5) is 11.5. The van der Waals surface area contributed by atoms with Crippen LogP contribution in [0.1, 0.15) is 43.2 Å². The zero-order chi connectivity index (χ0) is 14.1. The molecule has 4 nitrogen and oxygen atoms in total. The summed E-state index contributed by atoms with van der Waals surface area (Å²) < 4.78 is 0. The SMILES string of the molecule is CCN1CCN(c2nc(C3CC3)c(CNC)s2)CC1C. The number of nitrogens with zero attached hydrogens (tertiary/aromatic N) is 3. The molecule has 2 aliphatic rings. The van der Waals surface area contributed by atoms with Gasteiger partial charge in [0.25, 0.3) is 0 Å².